The molecule has 2 aromatic heterocycles. The smallest absolute Gasteiger partial charge is 0.335 e. The minimum absolute atomic E-state index is 0.0390. The van der Waals surface area contributed by atoms with E-state index in [9.17, 15) is 19.5 Å². The molecule has 0 fully saturated rings. The van der Waals surface area contributed by atoms with Gasteiger partial charge in [-0.05, 0) is 41.0 Å². The lowest BCUT2D eigenvalue weighted by Crippen LogP contribution is -2.10. The van der Waals surface area contributed by atoms with Gasteiger partial charge in [-0.2, -0.15) is 0 Å². The Bertz CT molecular complexity index is 1360. The predicted molar refractivity (Wildman–Crippen MR) is 115 cm³/mol. The van der Waals surface area contributed by atoms with Crippen LogP contribution in [-0.4, -0.2) is 32.6 Å². The van der Waals surface area contributed by atoms with Gasteiger partial charge in [0.05, 0.1) is 11.1 Å². The first kappa shape index (κ1) is 19.8. The summed E-state index contributed by atoms with van der Waals surface area (Å²) in [6, 6.07) is 17.8. The van der Waals surface area contributed by atoms with Gasteiger partial charge in [0.15, 0.2) is 0 Å². The predicted octanol–water partition coefficient (Wildman–Crippen LogP) is 3.15. The molecule has 8 nitrogen and oxygen atoms in total. The number of H-pyrrole nitrogens is 1. The first-order valence-electron chi connectivity index (χ1n) is 9.34. The zero-order valence-corrected chi connectivity index (χ0v) is 16.1. The van der Waals surface area contributed by atoms with Crippen molar-refractivity contribution in [2.24, 2.45) is 0 Å². The molecule has 4 aromatic rings. The topological polar surface area (TPSA) is 132 Å². The highest BCUT2D eigenvalue weighted by Crippen LogP contribution is 2.27. The molecule has 2 heterocycles. The zero-order chi connectivity index (χ0) is 22.0. The number of aromatic carboxylic acids is 1. The number of amides is 1. The molecule has 0 aliphatic carbocycles. The van der Waals surface area contributed by atoms with Crippen LogP contribution < -0.4 is 10.9 Å². The van der Waals surface area contributed by atoms with Crippen LogP contribution in [0.5, 0.6) is 5.75 Å². The Morgan fingerprint density at radius 1 is 1.06 bits per heavy atom. The number of hydrogen-bond acceptors (Lipinski definition) is 5. The molecule has 2 aromatic carbocycles. The molecule has 0 spiro atoms. The van der Waals surface area contributed by atoms with Crippen LogP contribution >= 0.6 is 0 Å². The highest BCUT2D eigenvalue weighted by atomic mass is 16.4. The lowest BCUT2D eigenvalue weighted by Gasteiger charge is -2.09. The number of pyridine rings is 2. The van der Waals surface area contributed by atoms with Crippen molar-refractivity contribution < 1.29 is 19.8 Å². The van der Waals surface area contributed by atoms with Crippen LogP contribution in [0.4, 0.5) is 5.69 Å². The number of hydrogen-bond donors (Lipinski definition) is 4. The first-order valence-corrected chi connectivity index (χ1v) is 9.34. The average molecular weight is 415 g/mol. The molecule has 0 aliphatic heterocycles. The highest BCUT2D eigenvalue weighted by Gasteiger charge is 2.13. The Kier molecular flexibility index (Phi) is 5.19. The van der Waals surface area contributed by atoms with E-state index in [1.165, 1.54) is 0 Å². The molecular formula is C23H17N3O5. The summed E-state index contributed by atoms with van der Waals surface area (Å²) in [5.74, 6) is -1.57. The minimum atomic E-state index is -0.974. The third-order valence-electron chi connectivity index (χ3n) is 4.87. The molecule has 0 unspecified atom stereocenters. The van der Waals surface area contributed by atoms with Gasteiger partial charge < -0.3 is 20.5 Å². The van der Waals surface area contributed by atoms with Crippen LogP contribution in [-0.2, 0) is 11.2 Å². The molecule has 1 amide bonds. The Morgan fingerprint density at radius 3 is 2.55 bits per heavy atom. The number of carboxylic acids is 1. The van der Waals surface area contributed by atoms with Crippen molar-refractivity contribution in [3.63, 3.8) is 0 Å². The van der Waals surface area contributed by atoms with Gasteiger partial charge in [-0.25, -0.2) is 9.78 Å². The van der Waals surface area contributed by atoms with Crippen LogP contribution in [0.1, 0.15) is 21.6 Å². The fourth-order valence-electron chi connectivity index (χ4n) is 3.37. The summed E-state index contributed by atoms with van der Waals surface area (Å²) in [5.41, 5.74) is 3.60. The van der Waals surface area contributed by atoms with Crippen LogP contribution in [0, 0.1) is 0 Å². The summed E-state index contributed by atoms with van der Waals surface area (Å²) in [4.78, 5) is 40.8. The Morgan fingerprint density at radius 2 is 1.84 bits per heavy atom. The maximum Gasteiger partial charge on any atom is 0.335 e. The van der Waals surface area contributed by atoms with Crippen molar-refractivity contribution in [2.75, 3.05) is 5.32 Å². The summed E-state index contributed by atoms with van der Waals surface area (Å²) in [7, 11) is 0. The third-order valence-corrected chi connectivity index (χ3v) is 4.87. The number of nitrogens with zero attached hydrogens (tertiary/aromatic N) is 1. The van der Waals surface area contributed by atoms with E-state index in [0.717, 1.165) is 16.7 Å². The number of aromatic nitrogens is 2. The molecule has 0 atom stereocenters. The number of rotatable bonds is 6. The normalized spacial score (nSPS) is 10.7. The van der Waals surface area contributed by atoms with Gasteiger partial charge in [0.25, 0.3) is 5.56 Å². The van der Waals surface area contributed by atoms with Gasteiger partial charge in [-0.15, -0.1) is 0 Å². The third kappa shape index (κ3) is 3.99. The number of nitrogens with one attached hydrogen (secondary N) is 2. The number of benzene rings is 2. The maximum atomic E-state index is 11.8. The number of carbonyl (C=O) groups excluding carboxylic acids is 1. The molecule has 154 valence electrons. The van der Waals surface area contributed by atoms with Gasteiger partial charge in [0.1, 0.15) is 11.2 Å². The van der Waals surface area contributed by atoms with Gasteiger partial charge in [-0.3, -0.25) is 9.59 Å². The molecule has 0 radical (unpaired) electrons. The summed E-state index contributed by atoms with van der Waals surface area (Å²) in [6.45, 7) is 0. The van der Waals surface area contributed by atoms with E-state index in [0.29, 0.717) is 24.0 Å². The maximum absolute atomic E-state index is 11.8. The minimum Gasteiger partial charge on any atom is -0.502 e. The molecule has 8 heteroatoms. The summed E-state index contributed by atoms with van der Waals surface area (Å²) >= 11 is 0. The van der Waals surface area contributed by atoms with E-state index in [1.54, 1.807) is 36.4 Å². The number of aromatic hydroxyl groups is 1. The fourth-order valence-corrected chi connectivity index (χ4v) is 3.37. The molecule has 4 N–H and O–H groups in total. The number of anilines is 1. The van der Waals surface area contributed by atoms with Gasteiger partial charge in [-0.1, -0.05) is 36.4 Å². The number of fused-ring (bicyclic) bond motifs is 1. The summed E-state index contributed by atoms with van der Waals surface area (Å²) < 4.78 is 0. The monoisotopic (exact) mass is 415 g/mol. The quantitative estimate of drug-likeness (QED) is 0.358. The Hall–Kier alpha value is -4.46. The van der Waals surface area contributed by atoms with Gasteiger partial charge in [0.2, 0.25) is 12.2 Å². The van der Waals surface area contributed by atoms with E-state index in [1.807, 2.05) is 24.3 Å². The largest absolute Gasteiger partial charge is 0.502 e. The average Bonchev–Trinajstić information content (AvgIpc) is 2.77. The SMILES string of the molecule is O=CNc1c(O)c(=O)[nH]c2ccc(Cc3cccc(-c4ccc(C(=O)O)cc4)c3)nc12. The lowest BCUT2D eigenvalue weighted by molar-refractivity contribution is -0.105. The van der Waals surface area contributed by atoms with Gasteiger partial charge >= 0.3 is 5.97 Å². The van der Waals surface area contributed by atoms with E-state index in [2.05, 4.69) is 15.3 Å². The van der Waals surface area contributed by atoms with Crippen LogP contribution in [0.25, 0.3) is 22.2 Å². The molecule has 31 heavy (non-hydrogen) atoms. The van der Waals surface area contributed by atoms with Crippen molar-refractivity contribution in [3.05, 3.63) is 87.8 Å². The number of aromatic amines is 1. The fraction of sp³-hybridized carbons (Fsp3) is 0.0435. The van der Waals surface area contributed by atoms with Gasteiger partial charge in [0, 0.05) is 12.1 Å². The molecule has 4 rings (SSSR count). The van der Waals surface area contributed by atoms with E-state index in [4.69, 9.17) is 5.11 Å². The number of carbonyl (C=O) groups is 2. The van der Waals surface area contributed by atoms with E-state index in [-0.39, 0.29) is 16.8 Å². The van der Waals surface area contributed by atoms with Crippen molar-refractivity contribution in [1.82, 2.24) is 9.97 Å². The van der Waals surface area contributed by atoms with Crippen LogP contribution in [0.15, 0.2) is 65.5 Å². The van der Waals surface area contributed by atoms with E-state index < -0.39 is 17.3 Å². The summed E-state index contributed by atoms with van der Waals surface area (Å²) in [5, 5.41) is 21.4. The van der Waals surface area contributed by atoms with Crippen LogP contribution in [0.3, 0.4) is 0 Å². The molecule has 0 saturated heterocycles. The number of carboxylic acid groups (broad SMARTS) is 1. The summed E-state index contributed by atoms with van der Waals surface area (Å²) in [6.07, 6.45) is 0.846. The van der Waals surface area contributed by atoms with Crippen molar-refractivity contribution in [3.8, 4) is 16.9 Å². The molecule has 0 aliphatic rings. The highest BCUT2D eigenvalue weighted by molar-refractivity contribution is 5.95. The van der Waals surface area contributed by atoms with Crippen molar-refractivity contribution >= 4 is 29.1 Å². The Labute approximate surface area is 175 Å². The zero-order valence-electron chi connectivity index (χ0n) is 16.1. The van der Waals surface area contributed by atoms with Crippen molar-refractivity contribution in [2.45, 2.75) is 6.42 Å². The first-order chi connectivity index (χ1) is 15.0. The molecular weight excluding hydrogens is 398 g/mol. The standard InChI is InChI=1S/C23H17N3O5/c27-12-24-20-19-18(26-22(29)21(20)28)9-8-17(25-19)11-13-2-1-3-16(10-13)14-4-6-15(7-5-14)23(30)31/h1-10,12,28H,11H2,(H,30,31)(H2,24,26,27,29). The van der Waals surface area contributed by atoms with Crippen LogP contribution in [0.2, 0.25) is 0 Å². The van der Waals surface area contributed by atoms with E-state index >= 15 is 0 Å². The molecule has 0 bridgehead atoms. The Balaban J connectivity index is 1.68. The second kappa shape index (κ2) is 8.11. The molecule has 0 saturated carbocycles. The second-order valence-corrected chi connectivity index (χ2v) is 6.90. The lowest BCUT2D eigenvalue weighted by atomic mass is 10.00. The second-order valence-electron chi connectivity index (χ2n) is 6.90. The van der Waals surface area contributed by atoms with Crippen molar-refractivity contribution in [1.29, 1.82) is 0 Å².